The summed E-state index contributed by atoms with van der Waals surface area (Å²) in [6, 6.07) is 21.1. The molecule has 0 saturated carbocycles. The number of nitrogens with zero attached hydrogens (tertiary/aromatic N) is 1. The maximum absolute atomic E-state index is 17.2. The molecule has 1 aliphatic rings. The lowest BCUT2D eigenvalue weighted by Gasteiger charge is -2.32. The summed E-state index contributed by atoms with van der Waals surface area (Å²) in [5.74, 6) is -0.756. The third-order valence-corrected chi connectivity index (χ3v) is 5.84. The van der Waals surface area contributed by atoms with Gasteiger partial charge in [0, 0.05) is 10.6 Å². The number of alkyl carbamates (subject to hydrolysis) is 1. The molecule has 34 heavy (non-hydrogen) atoms. The molecule has 176 valence electrons. The molecule has 0 bridgehead atoms. The summed E-state index contributed by atoms with van der Waals surface area (Å²) >= 11 is 6.05. The van der Waals surface area contributed by atoms with E-state index in [9.17, 15) is 9.59 Å². The zero-order valence-corrected chi connectivity index (χ0v) is 20.0. The van der Waals surface area contributed by atoms with E-state index in [0.29, 0.717) is 16.3 Å². The van der Waals surface area contributed by atoms with Crippen molar-refractivity contribution in [2.75, 3.05) is 4.90 Å². The molecule has 0 aromatic heterocycles. The van der Waals surface area contributed by atoms with Crippen LogP contribution < -0.4 is 10.2 Å². The number of nitrogens with one attached hydrogen (secondary N) is 1. The molecule has 1 N–H and O–H groups in total. The normalized spacial score (nSPS) is 18.4. The predicted octanol–water partition coefficient (Wildman–Crippen LogP) is 6.32. The molecule has 0 radical (unpaired) electrons. The number of benzene rings is 3. The Bertz CT molecular complexity index is 1190. The summed E-state index contributed by atoms with van der Waals surface area (Å²) in [4.78, 5) is 27.9. The van der Waals surface area contributed by atoms with Gasteiger partial charge in [0.15, 0.2) is 0 Å². The Balaban J connectivity index is 1.79. The first kappa shape index (κ1) is 23.8. The molecule has 7 heteroatoms. The second-order valence-corrected chi connectivity index (χ2v) is 9.67. The van der Waals surface area contributed by atoms with Crippen LogP contribution in [0.15, 0.2) is 78.9 Å². The van der Waals surface area contributed by atoms with Gasteiger partial charge in [-0.25, -0.2) is 9.18 Å². The van der Waals surface area contributed by atoms with Crippen molar-refractivity contribution in [3.8, 4) is 0 Å². The van der Waals surface area contributed by atoms with Gasteiger partial charge in [-0.2, -0.15) is 0 Å². The smallest absolute Gasteiger partial charge is 0.408 e. The van der Waals surface area contributed by atoms with Crippen molar-refractivity contribution in [1.29, 1.82) is 0 Å². The standard InChI is InChI=1S/C27H26ClFN2O3/c1-26(2,3)34-25(33)30-23(19-13-15-20(28)16-14-19)27(29)21-11-7-8-12-22(21)31(24(27)32)17-18-9-5-4-6-10-18/h4-16,23H,17H2,1-3H3,(H,30,33)/t23-,27-/m0/s1. The van der Waals surface area contributed by atoms with Crippen LogP contribution in [0.1, 0.15) is 43.5 Å². The van der Waals surface area contributed by atoms with E-state index in [-0.39, 0.29) is 12.1 Å². The van der Waals surface area contributed by atoms with Gasteiger partial charge in [0.2, 0.25) is 5.67 Å². The van der Waals surface area contributed by atoms with Gasteiger partial charge >= 0.3 is 6.09 Å². The maximum Gasteiger partial charge on any atom is 0.408 e. The highest BCUT2D eigenvalue weighted by Crippen LogP contribution is 2.50. The SMILES string of the molecule is CC(C)(C)OC(=O)N[C@@H](c1ccc(Cl)cc1)[C@]1(F)C(=O)N(Cc2ccccc2)c2ccccc21. The van der Waals surface area contributed by atoms with E-state index < -0.39 is 29.3 Å². The van der Waals surface area contributed by atoms with Gasteiger partial charge in [-0.05, 0) is 50.1 Å². The number of para-hydroxylation sites is 1. The van der Waals surface area contributed by atoms with Crippen LogP contribution in [0.5, 0.6) is 0 Å². The summed E-state index contributed by atoms with van der Waals surface area (Å²) in [6.07, 6.45) is -0.823. The molecule has 0 aliphatic carbocycles. The minimum Gasteiger partial charge on any atom is -0.444 e. The van der Waals surface area contributed by atoms with Crippen LogP contribution >= 0.6 is 11.6 Å². The number of carbonyl (C=O) groups excluding carboxylic acids is 2. The number of amides is 2. The van der Waals surface area contributed by atoms with Crippen molar-refractivity contribution < 1.29 is 18.7 Å². The summed E-state index contributed by atoms with van der Waals surface area (Å²) in [5, 5.41) is 3.08. The number of hydrogen-bond acceptors (Lipinski definition) is 3. The van der Waals surface area contributed by atoms with Gasteiger partial charge in [-0.3, -0.25) is 4.79 Å². The second kappa shape index (κ2) is 9.11. The molecule has 5 nitrogen and oxygen atoms in total. The number of halogens is 2. The molecular weight excluding hydrogens is 455 g/mol. The maximum atomic E-state index is 17.2. The largest absolute Gasteiger partial charge is 0.444 e. The van der Waals surface area contributed by atoms with Crippen molar-refractivity contribution in [1.82, 2.24) is 5.32 Å². The Morgan fingerprint density at radius 3 is 2.29 bits per heavy atom. The Labute approximate surface area is 203 Å². The monoisotopic (exact) mass is 480 g/mol. The number of ether oxygens (including phenoxy) is 1. The van der Waals surface area contributed by atoms with Crippen LogP contribution in [0.25, 0.3) is 0 Å². The zero-order valence-electron chi connectivity index (χ0n) is 19.2. The fraction of sp³-hybridized carbons (Fsp3) is 0.259. The van der Waals surface area contributed by atoms with E-state index >= 15 is 4.39 Å². The van der Waals surface area contributed by atoms with Crippen molar-refractivity contribution in [2.45, 2.75) is 44.6 Å². The van der Waals surface area contributed by atoms with E-state index in [4.69, 9.17) is 16.3 Å². The highest BCUT2D eigenvalue weighted by Gasteiger charge is 2.58. The van der Waals surface area contributed by atoms with E-state index in [1.165, 1.54) is 4.90 Å². The summed E-state index contributed by atoms with van der Waals surface area (Å²) in [7, 11) is 0. The molecule has 1 aliphatic heterocycles. The van der Waals surface area contributed by atoms with Gasteiger partial charge in [0.1, 0.15) is 11.6 Å². The third kappa shape index (κ3) is 4.64. The molecule has 0 fully saturated rings. The topological polar surface area (TPSA) is 58.6 Å². The number of fused-ring (bicyclic) bond motifs is 1. The Morgan fingerprint density at radius 2 is 1.65 bits per heavy atom. The van der Waals surface area contributed by atoms with Crippen LogP contribution in [0, 0.1) is 0 Å². The van der Waals surface area contributed by atoms with E-state index in [1.54, 1.807) is 69.3 Å². The fourth-order valence-corrected chi connectivity index (χ4v) is 4.26. The lowest BCUT2D eigenvalue weighted by atomic mass is 9.85. The molecule has 0 unspecified atom stereocenters. The van der Waals surface area contributed by atoms with Gasteiger partial charge < -0.3 is 15.0 Å². The number of anilines is 1. The first-order valence-corrected chi connectivity index (χ1v) is 11.4. The predicted molar refractivity (Wildman–Crippen MR) is 130 cm³/mol. The number of alkyl halides is 1. The molecule has 3 aromatic carbocycles. The minimum atomic E-state index is -2.56. The summed E-state index contributed by atoms with van der Waals surface area (Å²) in [5.41, 5.74) is -1.46. The molecule has 1 heterocycles. The molecule has 2 amide bonds. The summed E-state index contributed by atoms with van der Waals surface area (Å²) < 4.78 is 22.6. The third-order valence-electron chi connectivity index (χ3n) is 5.59. The van der Waals surface area contributed by atoms with Gasteiger partial charge in [0.25, 0.3) is 5.91 Å². The number of rotatable bonds is 5. The van der Waals surface area contributed by atoms with Crippen LogP contribution in [0.3, 0.4) is 0 Å². The van der Waals surface area contributed by atoms with Crippen molar-refractivity contribution >= 4 is 29.3 Å². The van der Waals surface area contributed by atoms with Gasteiger partial charge in [0.05, 0.1) is 12.2 Å². The van der Waals surface area contributed by atoms with Crippen LogP contribution in [0.4, 0.5) is 14.9 Å². The molecule has 0 saturated heterocycles. The number of carbonyl (C=O) groups is 2. The van der Waals surface area contributed by atoms with E-state index in [0.717, 1.165) is 5.56 Å². The first-order valence-electron chi connectivity index (χ1n) is 11.0. The molecule has 4 rings (SSSR count). The van der Waals surface area contributed by atoms with Gasteiger partial charge in [-0.15, -0.1) is 0 Å². The second-order valence-electron chi connectivity index (χ2n) is 9.24. The van der Waals surface area contributed by atoms with Crippen LogP contribution in [-0.4, -0.2) is 17.6 Å². The lowest BCUT2D eigenvalue weighted by molar-refractivity contribution is -0.131. The van der Waals surface area contributed by atoms with Crippen LogP contribution in [0.2, 0.25) is 5.02 Å². The highest BCUT2D eigenvalue weighted by molar-refractivity contribution is 6.30. The molecular formula is C27H26ClFN2O3. The fourth-order valence-electron chi connectivity index (χ4n) is 4.13. The molecule has 3 aromatic rings. The van der Waals surface area contributed by atoms with Crippen LogP contribution in [-0.2, 0) is 21.7 Å². The summed E-state index contributed by atoms with van der Waals surface area (Å²) in [6.45, 7) is 5.34. The van der Waals surface area contributed by atoms with E-state index in [2.05, 4.69) is 5.32 Å². The Kier molecular flexibility index (Phi) is 6.36. The Hall–Kier alpha value is -3.38. The van der Waals surface area contributed by atoms with Crippen molar-refractivity contribution in [3.05, 3.63) is 101 Å². The highest BCUT2D eigenvalue weighted by atomic mass is 35.5. The Morgan fingerprint density at radius 1 is 1.03 bits per heavy atom. The average Bonchev–Trinajstić information content (AvgIpc) is 3.00. The molecule has 2 atom stereocenters. The average molecular weight is 481 g/mol. The van der Waals surface area contributed by atoms with Gasteiger partial charge in [-0.1, -0.05) is 72.3 Å². The zero-order chi connectivity index (χ0) is 24.5. The molecule has 0 spiro atoms. The van der Waals surface area contributed by atoms with Crippen molar-refractivity contribution in [2.24, 2.45) is 0 Å². The number of hydrogen-bond donors (Lipinski definition) is 1. The first-order chi connectivity index (χ1) is 16.1. The van der Waals surface area contributed by atoms with E-state index in [1.807, 2.05) is 30.3 Å². The quantitative estimate of drug-likeness (QED) is 0.465. The van der Waals surface area contributed by atoms with Crippen molar-refractivity contribution in [3.63, 3.8) is 0 Å². The minimum absolute atomic E-state index is 0.187. The lowest BCUT2D eigenvalue weighted by Crippen LogP contribution is -2.48.